The summed E-state index contributed by atoms with van der Waals surface area (Å²) in [5.41, 5.74) is 6.30. The molecule has 0 spiro atoms. The minimum absolute atomic E-state index is 0.0517. The van der Waals surface area contributed by atoms with Gasteiger partial charge in [0.05, 0.1) is 5.69 Å². The van der Waals surface area contributed by atoms with Crippen LogP contribution in [0, 0.1) is 20.8 Å². The third-order valence-corrected chi connectivity index (χ3v) is 5.73. The first-order chi connectivity index (χ1) is 14.5. The summed E-state index contributed by atoms with van der Waals surface area (Å²) in [6.45, 7) is 8.92. The van der Waals surface area contributed by atoms with Gasteiger partial charge in [-0.3, -0.25) is 0 Å². The van der Waals surface area contributed by atoms with Crippen molar-refractivity contribution in [1.82, 2.24) is 15.1 Å². The largest absolute Gasteiger partial charge is 0.352 e. The van der Waals surface area contributed by atoms with E-state index < -0.39 is 0 Å². The molecule has 0 atom stereocenters. The standard InChI is InChI=1S/C24H27N5O/c1-17-7-9-20(10-8-17)22-11-12-23(27-26-22)28-13-15-29(16-14-28)24(30)25-21-6-4-5-18(2)19(21)3/h4-12H,13-16H2,1-3H3,(H,25,30). The van der Waals surface area contributed by atoms with Gasteiger partial charge in [-0.2, -0.15) is 0 Å². The quantitative estimate of drug-likeness (QED) is 0.706. The van der Waals surface area contributed by atoms with Gasteiger partial charge in [0.15, 0.2) is 5.82 Å². The fourth-order valence-corrected chi connectivity index (χ4v) is 3.59. The van der Waals surface area contributed by atoms with E-state index in [1.54, 1.807) is 0 Å². The maximum absolute atomic E-state index is 12.7. The molecule has 2 heterocycles. The van der Waals surface area contributed by atoms with Gasteiger partial charge in [0, 0.05) is 37.4 Å². The number of hydrogen-bond donors (Lipinski definition) is 1. The van der Waals surface area contributed by atoms with Crippen molar-refractivity contribution in [3.8, 4) is 11.3 Å². The highest BCUT2D eigenvalue weighted by Crippen LogP contribution is 2.21. The Morgan fingerprint density at radius 3 is 2.27 bits per heavy atom. The molecule has 1 saturated heterocycles. The molecule has 1 aliphatic rings. The van der Waals surface area contributed by atoms with Crippen LogP contribution >= 0.6 is 0 Å². The second-order valence-electron chi connectivity index (χ2n) is 7.79. The van der Waals surface area contributed by atoms with Crippen LogP contribution < -0.4 is 10.2 Å². The molecule has 6 heteroatoms. The number of nitrogens with one attached hydrogen (secondary N) is 1. The Hall–Kier alpha value is -3.41. The van der Waals surface area contributed by atoms with E-state index in [9.17, 15) is 4.79 Å². The van der Waals surface area contributed by atoms with Crippen LogP contribution in [0.1, 0.15) is 16.7 Å². The molecule has 0 unspecified atom stereocenters. The number of aromatic nitrogens is 2. The molecule has 1 aliphatic heterocycles. The van der Waals surface area contributed by atoms with Gasteiger partial charge in [0.25, 0.3) is 0 Å². The summed E-state index contributed by atoms with van der Waals surface area (Å²) in [4.78, 5) is 16.7. The first-order valence-corrected chi connectivity index (χ1v) is 10.3. The van der Waals surface area contributed by atoms with Crippen molar-refractivity contribution in [2.45, 2.75) is 20.8 Å². The van der Waals surface area contributed by atoms with Gasteiger partial charge in [-0.1, -0.05) is 42.0 Å². The van der Waals surface area contributed by atoms with Crippen LogP contribution in [-0.2, 0) is 0 Å². The van der Waals surface area contributed by atoms with E-state index in [1.807, 2.05) is 36.1 Å². The first-order valence-electron chi connectivity index (χ1n) is 10.3. The topological polar surface area (TPSA) is 61.4 Å². The summed E-state index contributed by atoms with van der Waals surface area (Å²) in [6, 6.07) is 18.2. The Morgan fingerprint density at radius 2 is 1.60 bits per heavy atom. The molecule has 0 bridgehead atoms. The fraction of sp³-hybridized carbons (Fsp3) is 0.292. The Morgan fingerprint density at radius 1 is 0.867 bits per heavy atom. The zero-order valence-corrected chi connectivity index (χ0v) is 17.7. The highest BCUT2D eigenvalue weighted by molar-refractivity contribution is 5.90. The van der Waals surface area contributed by atoms with Crippen molar-refractivity contribution in [3.05, 3.63) is 71.3 Å². The van der Waals surface area contributed by atoms with Crippen molar-refractivity contribution in [1.29, 1.82) is 0 Å². The highest BCUT2D eigenvalue weighted by atomic mass is 16.2. The molecule has 6 nitrogen and oxygen atoms in total. The molecule has 1 fully saturated rings. The van der Waals surface area contributed by atoms with E-state index >= 15 is 0 Å². The molecule has 0 aliphatic carbocycles. The van der Waals surface area contributed by atoms with Gasteiger partial charge < -0.3 is 15.1 Å². The molecular weight excluding hydrogens is 374 g/mol. The van der Waals surface area contributed by atoms with Gasteiger partial charge in [-0.25, -0.2) is 4.79 Å². The lowest BCUT2D eigenvalue weighted by Crippen LogP contribution is -2.50. The number of aryl methyl sites for hydroxylation is 2. The van der Waals surface area contributed by atoms with Crippen LogP contribution in [-0.4, -0.2) is 47.3 Å². The molecule has 2 amide bonds. The average Bonchev–Trinajstić information content (AvgIpc) is 2.78. The van der Waals surface area contributed by atoms with Gasteiger partial charge in [-0.15, -0.1) is 10.2 Å². The van der Waals surface area contributed by atoms with Crippen LogP contribution in [0.4, 0.5) is 16.3 Å². The second kappa shape index (κ2) is 8.53. The summed E-state index contributed by atoms with van der Waals surface area (Å²) in [6.07, 6.45) is 0. The Labute approximate surface area is 177 Å². The Bertz CT molecular complexity index is 1020. The van der Waals surface area contributed by atoms with Crippen LogP contribution in [0.15, 0.2) is 54.6 Å². The van der Waals surface area contributed by atoms with Gasteiger partial charge in [0.2, 0.25) is 0 Å². The van der Waals surface area contributed by atoms with E-state index in [1.165, 1.54) is 11.1 Å². The molecule has 3 aromatic rings. The third kappa shape index (κ3) is 4.27. The molecule has 30 heavy (non-hydrogen) atoms. The van der Waals surface area contributed by atoms with E-state index in [4.69, 9.17) is 0 Å². The van der Waals surface area contributed by atoms with E-state index in [-0.39, 0.29) is 6.03 Å². The normalized spacial score (nSPS) is 14.0. The SMILES string of the molecule is Cc1ccc(-c2ccc(N3CCN(C(=O)Nc4cccc(C)c4C)CC3)nn2)cc1. The summed E-state index contributed by atoms with van der Waals surface area (Å²) < 4.78 is 0. The third-order valence-electron chi connectivity index (χ3n) is 5.73. The molecule has 154 valence electrons. The maximum atomic E-state index is 12.7. The number of benzene rings is 2. The minimum Gasteiger partial charge on any atom is -0.352 e. The molecule has 0 saturated carbocycles. The van der Waals surface area contributed by atoms with E-state index in [0.717, 1.165) is 41.4 Å². The molecule has 1 aromatic heterocycles. The Kier molecular flexibility index (Phi) is 5.65. The molecule has 0 radical (unpaired) electrons. The summed E-state index contributed by atoms with van der Waals surface area (Å²) in [5, 5.41) is 11.9. The van der Waals surface area contributed by atoms with Crippen molar-refractivity contribution in [2.75, 3.05) is 36.4 Å². The molecule has 1 N–H and O–H groups in total. The van der Waals surface area contributed by atoms with Crippen LogP contribution in [0.5, 0.6) is 0 Å². The van der Waals surface area contributed by atoms with Gasteiger partial charge in [-0.05, 0) is 50.1 Å². The zero-order valence-electron chi connectivity index (χ0n) is 17.7. The Balaban J connectivity index is 1.35. The van der Waals surface area contributed by atoms with Crippen LogP contribution in [0.3, 0.4) is 0 Å². The smallest absolute Gasteiger partial charge is 0.321 e. The number of amides is 2. The summed E-state index contributed by atoms with van der Waals surface area (Å²) >= 11 is 0. The van der Waals surface area contributed by atoms with Crippen LogP contribution in [0.2, 0.25) is 0 Å². The zero-order chi connectivity index (χ0) is 21.1. The predicted molar refractivity (Wildman–Crippen MR) is 121 cm³/mol. The summed E-state index contributed by atoms with van der Waals surface area (Å²) in [7, 11) is 0. The predicted octanol–water partition coefficient (Wildman–Crippen LogP) is 4.42. The lowest BCUT2D eigenvalue weighted by molar-refractivity contribution is 0.208. The maximum Gasteiger partial charge on any atom is 0.321 e. The number of urea groups is 1. The van der Waals surface area contributed by atoms with Gasteiger partial charge in [0.1, 0.15) is 0 Å². The number of piperazine rings is 1. The summed E-state index contributed by atoms with van der Waals surface area (Å²) in [5.74, 6) is 0.848. The second-order valence-corrected chi connectivity index (χ2v) is 7.79. The molecule has 4 rings (SSSR count). The monoisotopic (exact) mass is 401 g/mol. The number of anilines is 2. The molecule has 2 aromatic carbocycles. The van der Waals surface area contributed by atoms with E-state index in [2.05, 4.69) is 64.6 Å². The highest BCUT2D eigenvalue weighted by Gasteiger charge is 2.22. The van der Waals surface area contributed by atoms with Gasteiger partial charge >= 0.3 is 6.03 Å². The first kappa shape index (κ1) is 19.9. The fourth-order valence-electron chi connectivity index (χ4n) is 3.59. The van der Waals surface area contributed by atoms with Crippen molar-refractivity contribution in [3.63, 3.8) is 0 Å². The minimum atomic E-state index is -0.0517. The number of nitrogens with zero attached hydrogens (tertiary/aromatic N) is 4. The number of carbonyl (C=O) groups is 1. The lowest BCUT2D eigenvalue weighted by Gasteiger charge is -2.35. The number of carbonyl (C=O) groups excluding carboxylic acids is 1. The van der Waals surface area contributed by atoms with Crippen molar-refractivity contribution >= 4 is 17.5 Å². The van der Waals surface area contributed by atoms with Crippen LogP contribution in [0.25, 0.3) is 11.3 Å². The number of hydrogen-bond acceptors (Lipinski definition) is 4. The van der Waals surface area contributed by atoms with Crippen molar-refractivity contribution in [2.24, 2.45) is 0 Å². The van der Waals surface area contributed by atoms with E-state index in [0.29, 0.717) is 13.1 Å². The molecular formula is C24H27N5O. The lowest BCUT2D eigenvalue weighted by atomic mass is 10.1. The van der Waals surface area contributed by atoms with Crippen molar-refractivity contribution < 1.29 is 4.79 Å². The average molecular weight is 402 g/mol. The number of rotatable bonds is 3.